The van der Waals surface area contributed by atoms with E-state index >= 15 is 0 Å². The highest BCUT2D eigenvalue weighted by atomic mass is 32.1. The second kappa shape index (κ2) is 4.49. The van der Waals surface area contributed by atoms with E-state index in [1.165, 1.54) is 41.9 Å². The van der Waals surface area contributed by atoms with Crippen LogP contribution >= 0.6 is 11.3 Å². The molecule has 2 nitrogen and oxygen atoms in total. The standard InChI is InChI=1S/C16H16N2S/c1-2-4-13(5-3-1)16-17-10-15(19-16)14-11-18-8-6-12(14)7-9-18/h1-5,10-12H,6-9H2. The molecule has 1 aromatic heterocycles. The first-order valence-electron chi connectivity index (χ1n) is 6.87. The van der Waals surface area contributed by atoms with Crippen molar-refractivity contribution in [3.63, 3.8) is 0 Å². The SMILES string of the molecule is C1=C(c2cnc(-c3ccccc3)s2)C2CCN1CC2. The summed E-state index contributed by atoms with van der Waals surface area (Å²) < 4.78 is 0. The summed E-state index contributed by atoms with van der Waals surface area (Å²) in [6.07, 6.45) is 7.04. The van der Waals surface area contributed by atoms with Crippen LogP contribution in [0.5, 0.6) is 0 Å². The number of nitrogens with zero attached hydrogens (tertiary/aromatic N) is 2. The van der Waals surface area contributed by atoms with Crippen LogP contribution in [0.4, 0.5) is 0 Å². The van der Waals surface area contributed by atoms with Gasteiger partial charge in [0.1, 0.15) is 5.01 Å². The Hall–Kier alpha value is -1.61. The molecule has 0 radical (unpaired) electrons. The van der Waals surface area contributed by atoms with Crippen LogP contribution in [-0.4, -0.2) is 23.0 Å². The van der Waals surface area contributed by atoms with Crippen molar-refractivity contribution in [2.24, 2.45) is 5.92 Å². The Bertz CT molecular complexity index is 607. The predicted molar refractivity (Wildman–Crippen MR) is 79.8 cm³/mol. The Labute approximate surface area is 117 Å². The molecule has 1 fully saturated rings. The molecule has 5 rings (SSSR count). The zero-order valence-corrected chi connectivity index (χ0v) is 11.6. The second-order valence-electron chi connectivity index (χ2n) is 5.29. The van der Waals surface area contributed by atoms with Crippen LogP contribution in [0.2, 0.25) is 0 Å². The van der Waals surface area contributed by atoms with Crippen molar-refractivity contribution in [3.05, 3.63) is 47.6 Å². The zero-order chi connectivity index (χ0) is 12.7. The van der Waals surface area contributed by atoms with Gasteiger partial charge in [-0.25, -0.2) is 4.98 Å². The molecular formula is C16H16N2S. The van der Waals surface area contributed by atoms with E-state index in [9.17, 15) is 0 Å². The smallest absolute Gasteiger partial charge is 0.123 e. The number of aromatic nitrogens is 1. The molecule has 3 heteroatoms. The molecule has 2 bridgehead atoms. The maximum Gasteiger partial charge on any atom is 0.123 e. The lowest BCUT2D eigenvalue weighted by Crippen LogP contribution is -2.35. The highest BCUT2D eigenvalue weighted by Crippen LogP contribution is 2.40. The van der Waals surface area contributed by atoms with E-state index in [1.807, 2.05) is 17.4 Å². The minimum absolute atomic E-state index is 0.758. The average molecular weight is 268 g/mol. The molecule has 2 aromatic rings. The second-order valence-corrected chi connectivity index (χ2v) is 6.32. The Kier molecular flexibility index (Phi) is 2.66. The normalized spacial score (nSPS) is 18.7. The summed E-state index contributed by atoms with van der Waals surface area (Å²) in [5.74, 6) is 0.758. The van der Waals surface area contributed by atoms with Gasteiger partial charge < -0.3 is 4.90 Å². The number of hydrogen-bond donors (Lipinski definition) is 0. The molecule has 1 aromatic carbocycles. The topological polar surface area (TPSA) is 16.1 Å². The molecule has 0 N–H and O–H groups in total. The molecule has 0 aliphatic carbocycles. The maximum absolute atomic E-state index is 4.60. The van der Waals surface area contributed by atoms with Gasteiger partial charge in [0.25, 0.3) is 0 Å². The number of allylic oxidation sites excluding steroid dienone is 1. The van der Waals surface area contributed by atoms with Crippen molar-refractivity contribution in [2.45, 2.75) is 12.8 Å². The summed E-state index contributed by atoms with van der Waals surface area (Å²) in [6.45, 7) is 2.47. The van der Waals surface area contributed by atoms with Crippen LogP contribution < -0.4 is 0 Å². The first-order chi connectivity index (χ1) is 9.40. The zero-order valence-electron chi connectivity index (χ0n) is 10.7. The summed E-state index contributed by atoms with van der Waals surface area (Å²) in [5, 5.41) is 1.13. The van der Waals surface area contributed by atoms with Gasteiger partial charge in [-0.3, -0.25) is 0 Å². The van der Waals surface area contributed by atoms with Crippen LogP contribution in [0, 0.1) is 5.92 Å². The lowest BCUT2D eigenvalue weighted by molar-refractivity contribution is 0.253. The number of thiazole rings is 1. The number of rotatable bonds is 2. The molecule has 19 heavy (non-hydrogen) atoms. The largest absolute Gasteiger partial charge is 0.377 e. The van der Waals surface area contributed by atoms with Crippen molar-refractivity contribution in [3.8, 4) is 10.6 Å². The van der Waals surface area contributed by atoms with Gasteiger partial charge in [-0.1, -0.05) is 30.3 Å². The number of benzene rings is 1. The fourth-order valence-corrected chi connectivity index (χ4v) is 4.04. The van der Waals surface area contributed by atoms with Gasteiger partial charge in [0, 0.05) is 31.0 Å². The van der Waals surface area contributed by atoms with Crippen LogP contribution in [0.15, 0.2) is 42.7 Å². The Morgan fingerprint density at radius 3 is 2.58 bits per heavy atom. The summed E-state index contributed by atoms with van der Waals surface area (Å²) in [4.78, 5) is 8.41. The van der Waals surface area contributed by atoms with E-state index in [-0.39, 0.29) is 0 Å². The molecule has 3 aliphatic rings. The van der Waals surface area contributed by atoms with E-state index in [0.717, 1.165) is 10.9 Å². The molecule has 0 spiro atoms. The van der Waals surface area contributed by atoms with Crippen molar-refractivity contribution < 1.29 is 0 Å². The first-order valence-corrected chi connectivity index (χ1v) is 7.69. The van der Waals surface area contributed by atoms with Gasteiger partial charge in [-0.15, -0.1) is 11.3 Å². The highest BCUT2D eigenvalue weighted by Gasteiger charge is 2.28. The Balaban J connectivity index is 1.69. The summed E-state index contributed by atoms with van der Waals surface area (Å²) in [6, 6.07) is 10.5. The lowest BCUT2D eigenvalue weighted by Gasteiger charge is -2.38. The van der Waals surface area contributed by atoms with Gasteiger partial charge >= 0.3 is 0 Å². The summed E-state index contributed by atoms with van der Waals surface area (Å²) in [7, 11) is 0. The molecule has 96 valence electrons. The minimum Gasteiger partial charge on any atom is -0.377 e. The summed E-state index contributed by atoms with van der Waals surface area (Å²) >= 11 is 1.83. The monoisotopic (exact) mass is 268 g/mol. The Morgan fingerprint density at radius 2 is 1.89 bits per heavy atom. The van der Waals surface area contributed by atoms with E-state index in [0.29, 0.717) is 0 Å². The van der Waals surface area contributed by atoms with Crippen LogP contribution in [0.25, 0.3) is 16.1 Å². The maximum atomic E-state index is 4.60. The third kappa shape index (κ3) is 1.98. The molecular weight excluding hydrogens is 252 g/mol. The third-order valence-electron chi connectivity index (χ3n) is 4.10. The van der Waals surface area contributed by atoms with Crippen molar-refractivity contribution in [1.82, 2.24) is 9.88 Å². The van der Waals surface area contributed by atoms with Crippen LogP contribution in [0.3, 0.4) is 0 Å². The van der Waals surface area contributed by atoms with E-state index < -0.39 is 0 Å². The number of piperidine rings is 1. The highest BCUT2D eigenvalue weighted by molar-refractivity contribution is 7.16. The molecule has 1 saturated heterocycles. The fraction of sp³-hybridized carbons (Fsp3) is 0.312. The van der Waals surface area contributed by atoms with E-state index in [4.69, 9.17) is 0 Å². The predicted octanol–water partition coefficient (Wildman–Crippen LogP) is 3.88. The van der Waals surface area contributed by atoms with Crippen molar-refractivity contribution >= 4 is 16.9 Å². The van der Waals surface area contributed by atoms with Crippen LogP contribution in [-0.2, 0) is 0 Å². The third-order valence-corrected chi connectivity index (χ3v) is 5.20. The summed E-state index contributed by atoms with van der Waals surface area (Å²) in [5.41, 5.74) is 2.73. The molecule has 0 saturated carbocycles. The van der Waals surface area contributed by atoms with Gasteiger partial charge in [0.15, 0.2) is 0 Å². The van der Waals surface area contributed by atoms with Crippen molar-refractivity contribution in [1.29, 1.82) is 0 Å². The van der Waals surface area contributed by atoms with Crippen LogP contribution in [0.1, 0.15) is 17.7 Å². The minimum atomic E-state index is 0.758. The van der Waals surface area contributed by atoms with Crippen molar-refractivity contribution in [2.75, 3.05) is 13.1 Å². The molecule has 4 heterocycles. The molecule has 0 atom stereocenters. The van der Waals surface area contributed by atoms with Gasteiger partial charge in [-0.05, 0) is 24.3 Å². The number of hydrogen-bond acceptors (Lipinski definition) is 3. The molecule has 0 amide bonds. The average Bonchev–Trinajstić information content (AvgIpc) is 2.99. The van der Waals surface area contributed by atoms with Gasteiger partial charge in [0.05, 0.1) is 4.88 Å². The molecule has 0 unspecified atom stereocenters. The lowest BCUT2D eigenvalue weighted by atomic mass is 9.85. The quantitative estimate of drug-likeness (QED) is 0.821. The van der Waals surface area contributed by atoms with Gasteiger partial charge in [-0.2, -0.15) is 0 Å². The van der Waals surface area contributed by atoms with E-state index in [2.05, 4.69) is 46.5 Å². The van der Waals surface area contributed by atoms with E-state index in [1.54, 1.807) is 0 Å². The number of fused-ring (bicyclic) bond motifs is 2. The fourth-order valence-electron chi connectivity index (χ4n) is 3.03. The van der Waals surface area contributed by atoms with Gasteiger partial charge in [0.2, 0.25) is 0 Å². The Morgan fingerprint density at radius 1 is 1.11 bits per heavy atom. The first kappa shape index (κ1) is 11.2. The molecule has 3 aliphatic heterocycles.